The maximum atomic E-state index is 12.3. The van der Waals surface area contributed by atoms with E-state index in [-0.39, 0.29) is 6.04 Å². The molecule has 0 spiro atoms. The van der Waals surface area contributed by atoms with Crippen molar-refractivity contribution in [3.8, 4) is 0 Å². The van der Waals surface area contributed by atoms with E-state index in [1.54, 1.807) is 0 Å². The zero-order valence-corrected chi connectivity index (χ0v) is 12.1. The van der Waals surface area contributed by atoms with Gasteiger partial charge in [0.05, 0.1) is 0 Å². The van der Waals surface area contributed by atoms with Gasteiger partial charge in [0.15, 0.2) is 0 Å². The van der Waals surface area contributed by atoms with Crippen molar-refractivity contribution in [2.75, 3.05) is 13.6 Å². The van der Waals surface area contributed by atoms with Gasteiger partial charge in [0.25, 0.3) is 0 Å². The Morgan fingerprint density at radius 2 is 1.83 bits per heavy atom. The number of amides is 1. The number of rotatable bonds is 5. The number of nitrogens with two attached hydrogens (primary N) is 1. The van der Waals surface area contributed by atoms with Gasteiger partial charge in [-0.2, -0.15) is 0 Å². The van der Waals surface area contributed by atoms with Crippen LogP contribution in [0.15, 0.2) is 0 Å². The van der Waals surface area contributed by atoms with Gasteiger partial charge in [-0.3, -0.25) is 4.79 Å². The van der Waals surface area contributed by atoms with Gasteiger partial charge >= 0.3 is 0 Å². The number of carbonyl (C=O) groups is 1. The predicted molar refractivity (Wildman–Crippen MR) is 74.0 cm³/mol. The highest BCUT2D eigenvalue weighted by atomic mass is 16.2. The van der Waals surface area contributed by atoms with E-state index in [4.69, 9.17) is 5.73 Å². The first-order chi connectivity index (χ1) is 8.52. The molecule has 18 heavy (non-hydrogen) atoms. The van der Waals surface area contributed by atoms with E-state index >= 15 is 0 Å². The Morgan fingerprint density at radius 3 is 2.33 bits per heavy atom. The lowest BCUT2D eigenvalue weighted by Crippen LogP contribution is -2.35. The summed E-state index contributed by atoms with van der Waals surface area (Å²) in [6.45, 7) is 5.10. The Hall–Kier alpha value is -0.570. The normalized spacial score (nSPS) is 31.9. The summed E-state index contributed by atoms with van der Waals surface area (Å²) in [5.74, 6) is 2.66. The van der Waals surface area contributed by atoms with E-state index in [1.807, 2.05) is 11.9 Å². The molecule has 2 rings (SSSR count). The minimum atomic E-state index is 0.210. The molecule has 0 aromatic heterocycles. The smallest absolute Gasteiger partial charge is 0.226 e. The van der Waals surface area contributed by atoms with Crippen molar-refractivity contribution >= 4 is 5.91 Å². The van der Waals surface area contributed by atoms with Crippen molar-refractivity contribution in [1.29, 1.82) is 0 Å². The SMILES string of the molecule is CC(C)C(N)CCN(C)C(=O)C1C2CCCCC21. The number of fused-ring (bicyclic) bond motifs is 1. The Balaban J connectivity index is 1.76. The summed E-state index contributed by atoms with van der Waals surface area (Å²) in [6.07, 6.45) is 6.13. The lowest BCUT2D eigenvalue weighted by Gasteiger charge is -2.21. The molecule has 2 N–H and O–H groups in total. The van der Waals surface area contributed by atoms with E-state index in [2.05, 4.69) is 13.8 Å². The van der Waals surface area contributed by atoms with Gasteiger partial charge in [-0.1, -0.05) is 26.7 Å². The zero-order valence-electron chi connectivity index (χ0n) is 12.1. The van der Waals surface area contributed by atoms with Gasteiger partial charge in [-0.15, -0.1) is 0 Å². The fourth-order valence-electron chi connectivity index (χ4n) is 3.40. The van der Waals surface area contributed by atoms with Gasteiger partial charge < -0.3 is 10.6 Å². The summed E-state index contributed by atoms with van der Waals surface area (Å²) in [5, 5.41) is 0. The third kappa shape index (κ3) is 2.87. The molecule has 104 valence electrons. The average molecular weight is 252 g/mol. The third-order valence-corrected chi connectivity index (χ3v) is 4.97. The molecule has 2 aliphatic carbocycles. The predicted octanol–water partition coefficient (Wildman–Crippen LogP) is 2.25. The Bertz CT molecular complexity index is 291. The molecule has 0 saturated heterocycles. The van der Waals surface area contributed by atoms with E-state index in [0.717, 1.165) is 13.0 Å². The zero-order chi connectivity index (χ0) is 13.3. The lowest BCUT2D eigenvalue weighted by molar-refractivity contribution is -0.132. The summed E-state index contributed by atoms with van der Waals surface area (Å²) in [6, 6.07) is 0.210. The van der Waals surface area contributed by atoms with Crippen molar-refractivity contribution in [1.82, 2.24) is 4.90 Å². The average Bonchev–Trinajstić information content (AvgIpc) is 3.08. The van der Waals surface area contributed by atoms with Crippen LogP contribution in [0.3, 0.4) is 0 Å². The molecule has 0 aromatic carbocycles. The highest BCUT2D eigenvalue weighted by Gasteiger charge is 2.55. The van der Waals surface area contributed by atoms with Gasteiger partial charge in [-0.05, 0) is 37.0 Å². The van der Waals surface area contributed by atoms with Gasteiger partial charge in [-0.25, -0.2) is 0 Å². The standard InChI is InChI=1S/C15H28N2O/c1-10(2)13(16)8-9-17(3)15(18)14-11-6-4-5-7-12(11)14/h10-14H,4-9,16H2,1-3H3. The van der Waals surface area contributed by atoms with Crippen molar-refractivity contribution in [3.05, 3.63) is 0 Å². The largest absolute Gasteiger partial charge is 0.345 e. The second-order valence-corrected chi connectivity index (χ2v) is 6.59. The van der Waals surface area contributed by atoms with Crippen molar-refractivity contribution < 1.29 is 4.79 Å². The van der Waals surface area contributed by atoms with Crippen LogP contribution in [0.2, 0.25) is 0 Å². The second-order valence-electron chi connectivity index (χ2n) is 6.59. The molecule has 2 aliphatic rings. The van der Waals surface area contributed by atoms with Crippen LogP contribution in [0.5, 0.6) is 0 Å². The molecule has 0 bridgehead atoms. The van der Waals surface area contributed by atoms with Crippen LogP contribution in [-0.2, 0) is 4.79 Å². The third-order valence-electron chi connectivity index (χ3n) is 4.97. The van der Waals surface area contributed by atoms with Crippen LogP contribution in [0, 0.1) is 23.7 Å². The first-order valence-corrected chi connectivity index (χ1v) is 7.53. The van der Waals surface area contributed by atoms with E-state index in [1.165, 1.54) is 25.7 Å². The molecule has 1 amide bonds. The van der Waals surface area contributed by atoms with Crippen LogP contribution in [0.1, 0.15) is 46.0 Å². The summed E-state index contributed by atoms with van der Waals surface area (Å²) in [4.78, 5) is 14.3. The molecular formula is C15H28N2O. The van der Waals surface area contributed by atoms with E-state index < -0.39 is 0 Å². The molecule has 3 heteroatoms. The van der Waals surface area contributed by atoms with Crippen LogP contribution in [-0.4, -0.2) is 30.4 Å². The summed E-state index contributed by atoms with van der Waals surface area (Å²) >= 11 is 0. The summed E-state index contributed by atoms with van der Waals surface area (Å²) < 4.78 is 0. The van der Waals surface area contributed by atoms with Crippen LogP contribution < -0.4 is 5.73 Å². The minimum absolute atomic E-state index is 0.210. The van der Waals surface area contributed by atoms with E-state index in [0.29, 0.717) is 29.6 Å². The molecule has 3 unspecified atom stereocenters. The Morgan fingerprint density at radius 1 is 1.28 bits per heavy atom. The fourth-order valence-corrected chi connectivity index (χ4v) is 3.40. The first kappa shape index (κ1) is 13.9. The molecule has 2 saturated carbocycles. The second kappa shape index (κ2) is 5.60. The molecule has 3 atom stereocenters. The molecule has 0 aromatic rings. The van der Waals surface area contributed by atoms with Crippen molar-refractivity contribution in [3.63, 3.8) is 0 Å². The minimum Gasteiger partial charge on any atom is -0.345 e. The fraction of sp³-hybridized carbons (Fsp3) is 0.933. The Kier molecular flexibility index (Phi) is 4.31. The number of hydrogen-bond donors (Lipinski definition) is 1. The highest BCUT2D eigenvalue weighted by Crippen LogP contribution is 2.55. The quantitative estimate of drug-likeness (QED) is 0.816. The van der Waals surface area contributed by atoms with Crippen LogP contribution in [0.4, 0.5) is 0 Å². The maximum Gasteiger partial charge on any atom is 0.226 e. The number of nitrogens with zero attached hydrogens (tertiary/aromatic N) is 1. The highest BCUT2D eigenvalue weighted by molar-refractivity contribution is 5.82. The van der Waals surface area contributed by atoms with E-state index in [9.17, 15) is 4.79 Å². The van der Waals surface area contributed by atoms with Crippen molar-refractivity contribution in [2.24, 2.45) is 29.4 Å². The van der Waals surface area contributed by atoms with Crippen molar-refractivity contribution in [2.45, 2.75) is 52.0 Å². The van der Waals surface area contributed by atoms with Crippen LogP contribution in [0.25, 0.3) is 0 Å². The molecule has 0 heterocycles. The van der Waals surface area contributed by atoms with Gasteiger partial charge in [0.1, 0.15) is 0 Å². The summed E-state index contributed by atoms with van der Waals surface area (Å²) in [5.41, 5.74) is 6.04. The molecule has 0 aliphatic heterocycles. The summed E-state index contributed by atoms with van der Waals surface area (Å²) in [7, 11) is 1.94. The van der Waals surface area contributed by atoms with Crippen LogP contribution >= 0.6 is 0 Å². The number of carbonyl (C=O) groups excluding carboxylic acids is 1. The maximum absolute atomic E-state index is 12.3. The van der Waals surface area contributed by atoms with Gasteiger partial charge in [0, 0.05) is 25.6 Å². The lowest BCUT2D eigenvalue weighted by atomic mass is 10.0. The first-order valence-electron chi connectivity index (χ1n) is 7.53. The molecular weight excluding hydrogens is 224 g/mol. The van der Waals surface area contributed by atoms with Gasteiger partial charge in [0.2, 0.25) is 5.91 Å². The molecule has 3 nitrogen and oxygen atoms in total. The molecule has 2 fully saturated rings. The monoisotopic (exact) mass is 252 g/mol. The topological polar surface area (TPSA) is 46.3 Å². The number of hydrogen-bond acceptors (Lipinski definition) is 2. The Labute approximate surface area is 111 Å². The molecule has 0 radical (unpaired) electrons.